The van der Waals surface area contributed by atoms with Gasteiger partial charge in [-0.3, -0.25) is 13.9 Å². The zero-order chi connectivity index (χ0) is 22.4. The maximum absolute atomic E-state index is 13.0. The monoisotopic (exact) mass is 432 g/mol. The van der Waals surface area contributed by atoms with Crippen molar-refractivity contribution < 1.29 is 4.79 Å². The molecule has 1 fully saturated rings. The lowest BCUT2D eigenvalue weighted by molar-refractivity contribution is -0.130. The molecule has 1 N–H and O–H groups in total. The number of aromatic nitrogens is 6. The van der Waals surface area contributed by atoms with Crippen LogP contribution in [-0.4, -0.2) is 53.2 Å². The molecule has 0 saturated carbocycles. The molecule has 1 saturated heterocycles. The smallest absolute Gasteiger partial charge is 0.330 e. The molecule has 1 amide bonds. The first-order valence-electron chi connectivity index (χ1n) is 10.6. The lowest BCUT2D eigenvalue weighted by Crippen LogP contribution is -2.39. The molecule has 0 radical (unpaired) electrons. The first kappa shape index (κ1) is 20.1. The standard InChI is InChI=1S/C22H24N8O2/c1-13-10-18-15(4-7-24-27-18)11-17(13)25-21-23-12-19-20(26-21)30(22(32)28(19)3)16-5-8-29(9-6-16)14(2)31/h4,7,10-12,16H,5-6,8-9H2,1-3H3,(H,23,25,26). The molecule has 1 aromatic carbocycles. The molecule has 0 aliphatic carbocycles. The summed E-state index contributed by atoms with van der Waals surface area (Å²) in [4.78, 5) is 35.7. The zero-order valence-electron chi connectivity index (χ0n) is 18.2. The molecule has 0 bridgehead atoms. The summed E-state index contributed by atoms with van der Waals surface area (Å²) < 4.78 is 3.33. The number of piperidine rings is 1. The fraction of sp³-hybridized carbons (Fsp3) is 0.364. The van der Waals surface area contributed by atoms with Crippen LogP contribution in [0.25, 0.3) is 22.1 Å². The van der Waals surface area contributed by atoms with Crippen molar-refractivity contribution in [3.8, 4) is 0 Å². The number of carbonyl (C=O) groups is 1. The average molecular weight is 432 g/mol. The molecule has 3 aromatic heterocycles. The molecule has 32 heavy (non-hydrogen) atoms. The summed E-state index contributed by atoms with van der Waals surface area (Å²) in [5.74, 6) is 0.488. The number of hydrogen-bond donors (Lipinski definition) is 1. The predicted octanol–water partition coefficient (Wildman–Crippen LogP) is 2.31. The van der Waals surface area contributed by atoms with Gasteiger partial charge in [-0.15, -0.1) is 0 Å². The Morgan fingerprint density at radius 1 is 1.22 bits per heavy atom. The van der Waals surface area contributed by atoms with E-state index in [2.05, 4.69) is 20.5 Å². The van der Waals surface area contributed by atoms with Crippen molar-refractivity contribution in [3.05, 3.63) is 46.6 Å². The van der Waals surface area contributed by atoms with E-state index in [1.165, 1.54) is 0 Å². The summed E-state index contributed by atoms with van der Waals surface area (Å²) in [5, 5.41) is 12.3. The summed E-state index contributed by atoms with van der Waals surface area (Å²) in [5.41, 5.74) is 3.84. The number of nitrogens with one attached hydrogen (secondary N) is 1. The Kier molecular flexibility index (Phi) is 4.84. The quantitative estimate of drug-likeness (QED) is 0.529. The van der Waals surface area contributed by atoms with Crippen LogP contribution in [-0.2, 0) is 11.8 Å². The van der Waals surface area contributed by atoms with Crippen molar-refractivity contribution in [2.75, 3.05) is 18.4 Å². The summed E-state index contributed by atoms with van der Waals surface area (Å²) in [6.45, 7) is 4.84. The van der Waals surface area contributed by atoms with Gasteiger partial charge in [0.1, 0.15) is 5.52 Å². The molecule has 1 aliphatic rings. The van der Waals surface area contributed by atoms with Crippen LogP contribution in [0, 0.1) is 6.92 Å². The number of amides is 1. The molecule has 0 atom stereocenters. The summed E-state index contributed by atoms with van der Waals surface area (Å²) in [6.07, 6.45) is 4.77. The van der Waals surface area contributed by atoms with Gasteiger partial charge in [0.2, 0.25) is 11.9 Å². The summed E-state index contributed by atoms with van der Waals surface area (Å²) in [7, 11) is 1.73. The van der Waals surface area contributed by atoms with Crippen molar-refractivity contribution in [1.82, 2.24) is 34.2 Å². The molecule has 0 spiro atoms. The van der Waals surface area contributed by atoms with Gasteiger partial charge in [0.25, 0.3) is 0 Å². The van der Waals surface area contributed by atoms with E-state index in [1.54, 1.807) is 35.5 Å². The third-order valence-electron chi connectivity index (χ3n) is 6.21. The second-order valence-electron chi connectivity index (χ2n) is 8.23. The van der Waals surface area contributed by atoms with Gasteiger partial charge in [-0.05, 0) is 43.5 Å². The Hall–Kier alpha value is -3.82. The minimum atomic E-state index is -0.117. The van der Waals surface area contributed by atoms with Crippen LogP contribution in [0.1, 0.15) is 31.4 Å². The lowest BCUT2D eigenvalue weighted by Gasteiger charge is -2.31. The molecule has 164 valence electrons. The maximum Gasteiger partial charge on any atom is 0.330 e. The SMILES string of the molecule is CC(=O)N1CCC(n2c(=O)n(C)c3cnc(Nc4cc5ccnnc5cc4C)nc32)CC1. The van der Waals surface area contributed by atoms with Crippen molar-refractivity contribution >= 4 is 39.6 Å². The summed E-state index contributed by atoms with van der Waals surface area (Å²) >= 11 is 0. The van der Waals surface area contributed by atoms with Crippen molar-refractivity contribution in [1.29, 1.82) is 0 Å². The van der Waals surface area contributed by atoms with Gasteiger partial charge >= 0.3 is 5.69 Å². The fourth-order valence-corrected chi connectivity index (χ4v) is 4.36. The first-order valence-corrected chi connectivity index (χ1v) is 10.6. The number of anilines is 2. The van der Waals surface area contributed by atoms with Crippen LogP contribution in [0.3, 0.4) is 0 Å². The van der Waals surface area contributed by atoms with E-state index in [0.29, 0.717) is 30.2 Å². The molecular formula is C22H24N8O2. The van der Waals surface area contributed by atoms with Crippen LogP contribution in [0.4, 0.5) is 11.6 Å². The number of nitrogens with zero attached hydrogens (tertiary/aromatic N) is 7. The molecule has 4 heterocycles. The second kappa shape index (κ2) is 7.70. The first-order chi connectivity index (χ1) is 15.4. The minimum absolute atomic E-state index is 0.00877. The maximum atomic E-state index is 13.0. The van der Waals surface area contributed by atoms with Gasteiger partial charge in [0.15, 0.2) is 5.65 Å². The van der Waals surface area contributed by atoms with E-state index in [0.717, 1.165) is 35.0 Å². The number of imidazole rings is 1. The second-order valence-corrected chi connectivity index (χ2v) is 8.23. The Morgan fingerprint density at radius 2 is 2.00 bits per heavy atom. The lowest BCUT2D eigenvalue weighted by atomic mass is 10.0. The van der Waals surface area contributed by atoms with Gasteiger partial charge in [-0.1, -0.05) is 0 Å². The van der Waals surface area contributed by atoms with Gasteiger partial charge in [-0.25, -0.2) is 9.78 Å². The van der Waals surface area contributed by atoms with Crippen LogP contribution in [0.2, 0.25) is 0 Å². The highest BCUT2D eigenvalue weighted by atomic mass is 16.2. The Balaban J connectivity index is 1.51. The number of carbonyl (C=O) groups excluding carboxylic acids is 1. The predicted molar refractivity (Wildman–Crippen MR) is 121 cm³/mol. The van der Waals surface area contributed by atoms with E-state index < -0.39 is 0 Å². The van der Waals surface area contributed by atoms with E-state index in [9.17, 15) is 9.59 Å². The van der Waals surface area contributed by atoms with Gasteiger partial charge in [0.05, 0.1) is 17.9 Å². The topological polar surface area (TPSA) is 111 Å². The van der Waals surface area contributed by atoms with Gasteiger partial charge < -0.3 is 10.2 Å². The Bertz CT molecular complexity index is 1400. The van der Waals surface area contributed by atoms with Crippen molar-refractivity contribution in [2.24, 2.45) is 7.05 Å². The Morgan fingerprint density at radius 3 is 2.75 bits per heavy atom. The highest BCUT2D eigenvalue weighted by Gasteiger charge is 2.26. The number of likely N-dealkylation sites (tertiary alicyclic amines) is 1. The van der Waals surface area contributed by atoms with E-state index in [4.69, 9.17) is 4.98 Å². The third kappa shape index (κ3) is 3.37. The van der Waals surface area contributed by atoms with Crippen LogP contribution < -0.4 is 11.0 Å². The highest BCUT2D eigenvalue weighted by Crippen LogP contribution is 2.27. The van der Waals surface area contributed by atoms with Crippen molar-refractivity contribution in [3.63, 3.8) is 0 Å². The normalized spacial score (nSPS) is 14.9. The van der Waals surface area contributed by atoms with E-state index in [1.807, 2.05) is 30.0 Å². The van der Waals surface area contributed by atoms with E-state index >= 15 is 0 Å². The van der Waals surface area contributed by atoms with Gasteiger partial charge in [-0.2, -0.15) is 15.2 Å². The number of fused-ring (bicyclic) bond motifs is 2. The molecule has 1 aliphatic heterocycles. The minimum Gasteiger partial charge on any atom is -0.343 e. The molecule has 5 rings (SSSR count). The fourth-order valence-electron chi connectivity index (χ4n) is 4.36. The molecule has 10 heteroatoms. The van der Waals surface area contributed by atoms with Crippen LogP contribution in [0.5, 0.6) is 0 Å². The average Bonchev–Trinajstić information content (AvgIpc) is 3.04. The van der Waals surface area contributed by atoms with Crippen molar-refractivity contribution in [2.45, 2.75) is 32.7 Å². The molecule has 4 aromatic rings. The molecule has 10 nitrogen and oxygen atoms in total. The number of hydrogen-bond acceptors (Lipinski definition) is 7. The third-order valence-corrected chi connectivity index (χ3v) is 6.21. The van der Waals surface area contributed by atoms with Crippen LogP contribution in [0.15, 0.2) is 35.4 Å². The zero-order valence-corrected chi connectivity index (χ0v) is 18.2. The largest absolute Gasteiger partial charge is 0.343 e. The molecular weight excluding hydrogens is 408 g/mol. The van der Waals surface area contributed by atoms with Crippen LogP contribution >= 0.6 is 0 Å². The highest BCUT2D eigenvalue weighted by molar-refractivity contribution is 5.84. The number of aryl methyl sites for hydroxylation is 2. The summed E-state index contributed by atoms with van der Waals surface area (Å²) in [6, 6.07) is 5.84. The number of rotatable bonds is 3. The van der Waals surface area contributed by atoms with E-state index in [-0.39, 0.29) is 17.6 Å². The number of benzene rings is 1. The van der Waals surface area contributed by atoms with Gasteiger partial charge in [0, 0.05) is 44.2 Å². The Labute approximate surface area is 183 Å². The molecule has 0 unspecified atom stereocenters.